The highest BCUT2D eigenvalue weighted by Crippen LogP contribution is 2.07. The molecule has 0 aliphatic rings. The number of hydrogen-bond acceptors (Lipinski definition) is 3. The molecule has 0 rings (SSSR count). The van der Waals surface area contributed by atoms with Crippen LogP contribution < -0.4 is 5.32 Å². The molecule has 0 aliphatic carbocycles. The summed E-state index contributed by atoms with van der Waals surface area (Å²) in [5, 5.41) is 20.7. The number of aliphatic carboxylic acids is 1. The molecule has 0 unspecified atom stereocenters. The summed E-state index contributed by atoms with van der Waals surface area (Å²) in [6.07, 6.45) is -0.805. The summed E-state index contributed by atoms with van der Waals surface area (Å²) in [5.41, 5.74) is 0. The lowest BCUT2D eigenvalue weighted by atomic mass is 10.0. The second kappa shape index (κ2) is 6.48. The van der Waals surface area contributed by atoms with Crippen LogP contribution >= 0.6 is 0 Å². The third-order valence-electron chi connectivity index (χ3n) is 2.22. The third-order valence-corrected chi connectivity index (χ3v) is 2.22. The van der Waals surface area contributed by atoms with E-state index >= 15 is 0 Å². The zero-order valence-electron chi connectivity index (χ0n) is 10.2. The zero-order valence-corrected chi connectivity index (χ0v) is 10.2. The number of aliphatic hydroxyl groups is 1. The Kier molecular flexibility index (Phi) is 6.03. The molecule has 5 nitrogen and oxygen atoms in total. The third kappa shape index (κ3) is 5.11. The SMILES string of the molecule is CC(C)C[C@H](NC(=O)[C@H](O)C(C)C)C(=O)O. The number of rotatable bonds is 6. The van der Waals surface area contributed by atoms with Crippen LogP contribution in [0.2, 0.25) is 0 Å². The maximum Gasteiger partial charge on any atom is 0.326 e. The van der Waals surface area contributed by atoms with Gasteiger partial charge in [0.2, 0.25) is 5.91 Å². The number of amides is 1. The first-order chi connectivity index (χ1) is 7.25. The Labute approximate surface area is 95.9 Å². The van der Waals surface area contributed by atoms with Crippen molar-refractivity contribution in [3.63, 3.8) is 0 Å². The maximum absolute atomic E-state index is 11.5. The molecule has 16 heavy (non-hydrogen) atoms. The van der Waals surface area contributed by atoms with Crippen LogP contribution in [0.1, 0.15) is 34.1 Å². The summed E-state index contributed by atoms with van der Waals surface area (Å²) >= 11 is 0. The van der Waals surface area contributed by atoms with Crippen molar-refractivity contribution in [1.29, 1.82) is 0 Å². The summed E-state index contributed by atoms with van der Waals surface area (Å²) in [6, 6.07) is -0.930. The van der Waals surface area contributed by atoms with E-state index in [2.05, 4.69) is 5.32 Å². The van der Waals surface area contributed by atoms with Crippen LogP contribution in [-0.2, 0) is 9.59 Å². The number of carbonyl (C=O) groups is 2. The average Bonchev–Trinajstić information content (AvgIpc) is 2.14. The van der Waals surface area contributed by atoms with Gasteiger partial charge < -0.3 is 15.5 Å². The molecule has 0 aromatic rings. The highest BCUT2D eigenvalue weighted by molar-refractivity contribution is 5.86. The molecule has 0 bridgehead atoms. The predicted octanol–water partition coefficient (Wildman–Crippen LogP) is 0.619. The predicted molar refractivity (Wildman–Crippen MR) is 59.9 cm³/mol. The van der Waals surface area contributed by atoms with E-state index in [0.717, 1.165) is 0 Å². The maximum atomic E-state index is 11.5. The smallest absolute Gasteiger partial charge is 0.326 e. The number of hydrogen-bond donors (Lipinski definition) is 3. The minimum absolute atomic E-state index is 0.164. The first-order valence-corrected chi connectivity index (χ1v) is 5.47. The van der Waals surface area contributed by atoms with Crippen molar-refractivity contribution in [3.8, 4) is 0 Å². The topological polar surface area (TPSA) is 86.6 Å². The molecule has 0 spiro atoms. The Hall–Kier alpha value is -1.10. The van der Waals surface area contributed by atoms with E-state index < -0.39 is 24.0 Å². The molecule has 0 saturated heterocycles. The highest BCUT2D eigenvalue weighted by Gasteiger charge is 2.25. The van der Waals surface area contributed by atoms with E-state index in [1.54, 1.807) is 13.8 Å². The second-order valence-electron chi connectivity index (χ2n) is 4.72. The molecule has 94 valence electrons. The van der Waals surface area contributed by atoms with E-state index in [1.165, 1.54) is 0 Å². The molecule has 0 saturated carbocycles. The summed E-state index contributed by atoms with van der Waals surface area (Å²) in [4.78, 5) is 22.3. The first-order valence-electron chi connectivity index (χ1n) is 5.47. The fourth-order valence-electron chi connectivity index (χ4n) is 1.25. The van der Waals surface area contributed by atoms with Crippen molar-refractivity contribution < 1.29 is 19.8 Å². The number of carboxylic acids is 1. The van der Waals surface area contributed by atoms with Gasteiger partial charge in [0.05, 0.1) is 0 Å². The second-order valence-corrected chi connectivity index (χ2v) is 4.72. The molecular formula is C11H21NO4. The molecule has 1 amide bonds. The van der Waals surface area contributed by atoms with Gasteiger partial charge in [-0.15, -0.1) is 0 Å². The van der Waals surface area contributed by atoms with Crippen LogP contribution in [0.3, 0.4) is 0 Å². The molecule has 0 radical (unpaired) electrons. The molecule has 0 aromatic carbocycles. The van der Waals surface area contributed by atoms with Crippen LogP contribution in [0.4, 0.5) is 0 Å². The molecule has 0 fully saturated rings. The van der Waals surface area contributed by atoms with Gasteiger partial charge in [-0.25, -0.2) is 4.79 Å². The Balaban J connectivity index is 4.40. The molecule has 0 heterocycles. The van der Waals surface area contributed by atoms with Crippen molar-refractivity contribution in [2.24, 2.45) is 11.8 Å². The van der Waals surface area contributed by atoms with Gasteiger partial charge >= 0.3 is 5.97 Å². The lowest BCUT2D eigenvalue weighted by Gasteiger charge is -2.20. The molecule has 2 atom stereocenters. The first kappa shape index (κ1) is 14.9. The van der Waals surface area contributed by atoms with Gasteiger partial charge in [0.15, 0.2) is 0 Å². The minimum atomic E-state index is -1.16. The minimum Gasteiger partial charge on any atom is -0.480 e. The lowest BCUT2D eigenvalue weighted by molar-refractivity contribution is -0.144. The standard InChI is InChI=1S/C11H21NO4/c1-6(2)5-8(11(15)16)12-10(14)9(13)7(3)4/h6-9,13H,5H2,1-4H3,(H,12,14)(H,15,16)/t8-,9+/m0/s1. The van der Waals surface area contributed by atoms with Crippen LogP contribution in [-0.4, -0.2) is 34.2 Å². The van der Waals surface area contributed by atoms with Gasteiger partial charge in [-0.1, -0.05) is 27.7 Å². The number of aliphatic hydroxyl groups excluding tert-OH is 1. The monoisotopic (exact) mass is 231 g/mol. The van der Waals surface area contributed by atoms with Gasteiger partial charge in [-0.05, 0) is 18.3 Å². The molecule has 5 heteroatoms. The summed E-state index contributed by atoms with van der Waals surface area (Å²) in [5.74, 6) is -1.76. The van der Waals surface area contributed by atoms with Crippen LogP contribution in [0.15, 0.2) is 0 Å². The fraction of sp³-hybridized carbons (Fsp3) is 0.818. The molecule has 0 aliphatic heterocycles. The lowest BCUT2D eigenvalue weighted by Crippen LogP contribution is -2.47. The molecular weight excluding hydrogens is 210 g/mol. The number of nitrogens with one attached hydrogen (secondary N) is 1. The van der Waals surface area contributed by atoms with E-state index in [1.807, 2.05) is 13.8 Å². The van der Waals surface area contributed by atoms with E-state index in [0.29, 0.717) is 6.42 Å². The van der Waals surface area contributed by atoms with E-state index in [4.69, 9.17) is 5.11 Å². The van der Waals surface area contributed by atoms with Crippen molar-refractivity contribution in [3.05, 3.63) is 0 Å². The average molecular weight is 231 g/mol. The van der Waals surface area contributed by atoms with Gasteiger partial charge in [0, 0.05) is 0 Å². The molecule has 3 N–H and O–H groups in total. The van der Waals surface area contributed by atoms with Gasteiger partial charge in [-0.2, -0.15) is 0 Å². The Morgan fingerprint density at radius 1 is 1.19 bits per heavy atom. The summed E-state index contributed by atoms with van der Waals surface area (Å²) in [6.45, 7) is 7.15. The number of carboxylic acid groups (broad SMARTS) is 1. The normalized spacial score (nSPS) is 14.9. The van der Waals surface area contributed by atoms with Crippen molar-refractivity contribution in [2.45, 2.75) is 46.3 Å². The van der Waals surface area contributed by atoms with E-state index in [9.17, 15) is 14.7 Å². The van der Waals surface area contributed by atoms with Gasteiger partial charge in [0.25, 0.3) is 0 Å². The Bertz CT molecular complexity index is 250. The zero-order chi connectivity index (χ0) is 12.9. The summed E-state index contributed by atoms with van der Waals surface area (Å²) in [7, 11) is 0. The number of carbonyl (C=O) groups excluding carboxylic acids is 1. The highest BCUT2D eigenvalue weighted by atomic mass is 16.4. The van der Waals surface area contributed by atoms with Crippen LogP contribution in [0.25, 0.3) is 0 Å². The summed E-state index contributed by atoms with van der Waals surface area (Å²) < 4.78 is 0. The Morgan fingerprint density at radius 2 is 1.69 bits per heavy atom. The van der Waals surface area contributed by atoms with Crippen LogP contribution in [0, 0.1) is 11.8 Å². The fourth-order valence-corrected chi connectivity index (χ4v) is 1.25. The van der Waals surface area contributed by atoms with Gasteiger partial charge in [0.1, 0.15) is 12.1 Å². The van der Waals surface area contributed by atoms with E-state index in [-0.39, 0.29) is 11.8 Å². The largest absolute Gasteiger partial charge is 0.480 e. The van der Waals surface area contributed by atoms with Crippen LogP contribution in [0.5, 0.6) is 0 Å². The quantitative estimate of drug-likeness (QED) is 0.625. The van der Waals surface area contributed by atoms with Crippen molar-refractivity contribution >= 4 is 11.9 Å². The molecule has 0 aromatic heterocycles. The van der Waals surface area contributed by atoms with Crippen molar-refractivity contribution in [1.82, 2.24) is 5.32 Å². The Morgan fingerprint density at radius 3 is 2.00 bits per heavy atom. The van der Waals surface area contributed by atoms with Crippen molar-refractivity contribution in [2.75, 3.05) is 0 Å². The van der Waals surface area contributed by atoms with Gasteiger partial charge in [-0.3, -0.25) is 4.79 Å².